The topological polar surface area (TPSA) is 96.4 Å². The van der Waals surface area contributed by atoms with E-state index in [1.54, 1.807) is 48.3 Å². The Kier molecular flexibility index (Phi) is 9.27. The number of carbonyl (C=O) groups is 3. The zero-order valence-corrected chi connectivity index (χ0v) is 21.5. The van der Waals surface area contributed by atoms with Crippen LogP contribution in [0.2, 0.25) is 0 Å². The number of carboxylic acids is 1. The van der Waals surface area contributed by atoms with Gasteiger partial charge < -0.3 is 24.4 Å². The van der Waals surface area contributed by atoms with E-state index >= 15 is 0 Å². The molecule has 0 heterocycles. The molecule has 0 saturated carbocycles. The summed E-state index contributed by atoms with van der Waals surface area (Å²) in [5, 5.41) is 9.13. The maximum atomic E-state index is 12.8. The molecule has 0 bridgehead atoms. The largest absolute Gasteiger partial charge is 0.481 e. The number of rotatable bonds is 10. The van der Waals surface area contributed by atoms with Gasteiger partial charge in [0.25, 0.3) is 0 Å². The number of aliphatic carboxylic acids is 1. The second-order valence-electron chi connectivity index (χ2n) is 8.83. The highest BCUT2D eigenvalue weighted by Crippen LogP contribution is 2.31. The molecule has 2 amide bonds. The standard InChI is InChI=1S/C29H32N2O6/c1-20(15-22-9-6-5-7-10-22)31(29(35)36-4)19-24-18-25(30(3)21(2)32)13-14-27(24)37-26-12-8-11-23(16-26)17-28(33)34/h5-14,16,18,20H,15,17,19H2,1-4H3,(H,33,34). The molecule has 0 radical (unpaired) electrons. The van der Waals surface area contributed by atoms with Crippen LogP contribution in [0.25, 0.3) is 0 Å². The van der Waals surface area contributed by atoms with E-state index in [1.165, 1.54) is 18.9 Å². The number of amides is 2. The van der Waals surface area contributed by atoms with Crippen LogP contribution in [-0.4, -0.2) is 48.2 Å². The average molecular weight is 505 g/mol. The molecule has 0 aliphatic carbocycles. The lowest BCUT2D eigenvalue weighted by atomic mass is 10.0. The van der Waals surface area contributed by atoms with Crippen molar-refractivity contribution in [3.05, 3.63) is 89.5 Å². The van der Waals surface area contributed by atoms with Crippen LogP contribution in [0.4, 0.5) is 10.5 Å². The maximum absolute atomic E-state index is 12.8. The number of methoxy groups -OCH3 is 1. The van der Waals surface area contributed by atoms with Crippen molar-refractivity contribution < 1.29 is 29.0 Å². The van der Waals surface area contributed by atoms with E-state index in [0.717, 1.165) is 5.56 Å². The number of anilines is 1. The molecule has 8 nitrogen and oxygen atoms in total. The maximum Gasteiger partial charge on any atom is 0.410 e. The summed E-state index contributed by atoms with van der Waals surface area (Å²) < 4.78 is 11.3. The van der Waals surface area contributed by atoms with Crippen LogP contribution < -0.4 is 9.64 Å². The fraction of sp³-hybridized carbons (Fsp3) is 0.276. The number of nitrogens with zero attached hydrogens (tertiary/aromatic N) is 2. The molecule has 1 unspecified atom stereocenters. The number of carbonyl (C=O) groups excluding carboxylic acids is 2. The molecule has 1 atom stereocenters. The number of benzene rings is 3. The Morgan fingerprint density at radius 2 is 1.65 bits per heavy atom. The third kappa shape index (κ3) is 7.57. The van der Waals surface area contributed by atoms with Gasteiger partial charge in [0.2, 0.25) is 5.91 Å². The highest BCUT2D eigenvalue weighted by atomic mass is 16.5. The molecule has 194 valence electrons. The monoisotopic (exact) mass is 504 g/mol. The number of hydrogen-bond donors (Lipinski definition) is 1. The Hall–Kier alpha value is -4.33. The lowest BCUT2D eigenvalue weighted by molar-refractivity contribution is -0.136. The van der Waals surface area contributed by atoms with Crippen LogP contribution >= 0.6 is 0 Å². The van der Waals surface area contributed by atoms with Gasteiger partial charge in [0.15, 0.2) is 0 Å². The molecule has 0 aromatic heterocycles. The minimum absolute atomic E-state index is 0.125. The Morgan fingerprint density at radius 1 is 0.946 bits per heavy atom. The fourth-order valence-electron chi connectivity index (χ4n) is 3.97. The molecule has 0 fully saturated rings. The molecule has 0 saturated heterocycles. The summed E-state index contributed by atoms with van der Waals surface area (Å²) in [6, 6.07) is 21.8. The van der Waals surface area contributed by atoms with Crippen LogP contribution in [0, 0.1) is 0 Å². The van der Waals surface area contributed by atoms with Gasteiger partial charge in [-0.2, -0.15) is 0 Å². The Labute approximate surface area is 217 Å². The summed E-state index contributed by atoms with van der Waals surface area (Å²) in [6.45, 7) is 3.59. The van der Waals surface area contributed by atoms with E-state index in [4.69, 9.17) is 14.6 Å². The average Bonchev–Trinajstić information content (AvgIpc) is 2.87. The Bertz CT molecular complexity index is 1240. The van der Waals surface area contributed by atoms with E-state index in [9.17, 15) is 14.4 Å². The summed E-state index contributed by atoms with van der Waals surface area (Å²) >= 11 is 0. The van der Waals surface area contributed by atoms with Crippen molar-refractivity contribution in [1.29, 1.82) is 0 Å². The van der Waals surface area contributed by atoms with Crippen LogP contribution in [0.5, 0.6) is 11.5 Å². The van der Waals surface area contributed by atoms with Gasteiger partial charge in [0, 0.05) is 31.3 Å². The molecule has 8 heteroatoms. The van der Waals surface area contributed by atoms with Crippen LogP contribution in [0.3, 0.4) is 0 Å². The summed E-state index contributed by atoms with van der Waals surface area (Å²) in [4.78, 5) is 39.1. The minimum atomic E-state index is -0.935. The van der Waals surface area contributed by atoms with Crippen LogP contribution in [0.1, 0.15) is 30.5 Å². The van der Waals surface area contributed by atoms with Gasteiger partial charge in [0.05, 0.1) is 20.1 Å². The van der Waals surface area contributed by atoms with Crippen molar-refractivity contribution in [3.8, 4) is 11.5 Å². The second-order valence-corrected chi connectivity index (χ2v) is 8.83. The van der Waals surface area contributed by atoms with Crippen molar-refractivity contribution in [2.75, 3.05) is 19.1 Å². The lowest BCUT2D eigenvalue weighted by Gasteiger charge is -2.29. The molecule has 37 heavy (non-hydrogen) atoms. The van der Waals surface area contributed by atoms with Gasteiger partial charge in [-0.15, -0.1) is 0 Å². The summed E-state index contributed by atoms with van der Waals surface area (Å²) in [5.41, 5.74) is 3.00. The number of ether oxygens (including phenoxy) is 2. The van der Waals surface area contributed by atoms with Gasteiger partial charge >= 0.3 is 12.1 Å². The second kappa shape index (κ2) is 12.6. The first-order valence-electron chi connectivity index (χ1n) is 11.9. The molecular weight excluding hydrogens is 472 g/mol. The van der Waals surface area contributed by atoms with Crippen molar-refractivity contribution in [3.63, 3.8) is 0 Å². The molecule has 0 aliphatic rings. The highest BCUT2D eigenvalue weighted by Gasteiger charge is 2.24. The third-order valence-electron chi connectivity index (χ3n) is 6.04. The zero-order valence-electron chi connectivity index (χ0n) is 21.5. The van der Waals surface area contributed by atoms with Crippen LogP contribution in [-0.2, 0) is 33.7 Å². The van der Waals surface area contributed by atoms with Crippen molar-refractivity contribution >= 4 is 23.7 Å². The molecule has 0 aliphatic heterocycles. The van der Waals surface area contributed by atoms with Crippen molar-refractivity contribution in [2.45, 2.75) is 39.3 Å². The Morgan fingerprint density at radius 3 is 2.30 bits per heavy atom. The fourth-order valence-corrected chi connectivity index (χ4v) is 3.97. The quantitative estimate of drug-likeness (QED) is 0.403. The molecule has 3 aromatic rings. The third-order valence-corrected chi connectivity index (χ3v) is 6.04. The Balaban J connectivity index is 1.97. The first-order valence-corrected chi connectivity index (χ1v) is 11.9. The van der Waals surface area contributed by atoms with Crippen molar-refractivity contribution in [1.82, 2.24) is 4.90 Å². The van der Waals surface area contributed by atoms with Gasteiger partial charge in [-0.25, -0.2) is 4.79 Å². The van der Waals surface area contributed by atoms with E-state index in [2.05, 4.69) is 0 Å². The predicted octanol–water partition coefficient (Wildman–Crippen LogP) is 5.29. The van der Waals surface area contributed by atoms with Gasteiger partial charge in [-0.3, -0.25) is 9.59 Å². The molecule has 0 spiro atoms. The highest BCUT2D eigenvalue weighted by molar-refractivity contribution is 5.91. The number of carboxylic acid groups (broad SMARTS) is 1. The van der Waals surface area contributed by atoms with Crippen LogP contribution in [0.15, 0.2) is 72.8 Å². The lowest BCUT2D eigenvalue weighted by Crippen LogP contribution is -2.39. The molecule has 3 aromatic carbocycles. The van der Waals surface area contributed by atoms with E-state index in [0.29, 0.717) is 34.7 Å². The minimum Gasteiger partial charge on any atom is -0.481 e. The van der Waals surface area contributed by atoms with E-state index in [-0.39, 0.29) is 24.9 Å². The summed E-state index contributed by atoms with van der Waals surface area (Å²) in [5.74, 6) is -0.123. The summed E-state index contributed by atoms with van der Waals surface area (Å²) in [7, 11) is 3.02. The first kappa shape index (κ1) is 27.3. The first-order chi connectivity index (χ1) is 17.7. The molecule has 3 rings (SSSR count). The van der Waals surface area contributed by atoms with Gasteiger partial charge in [0.1, 0.15) is 11.5 Å². The van der Waals surface area contributed by atoms with Gasteiger partial charge in [-0.05, 0) is 54.8 Å². The normalized spacial score (nSPS) is 11.4. The predicted molar refractivity (Wildman–Crippen MR) is 141 cm³/mol. The summed E-state index contributed by atoms with van der Waals surface area (Å²) in [6.07, 6.45) is 0.0128. The smallest absolute Gasteiger partial charge is 0.410 e. The van der Waals surface area contributed by atoms with Gasteiger partial charge in [-0.1, -0.05) is 42.5 Å². The number of hydrogen-bond acceptors (Lipinski definition) is 5. The van der Waals surface area contributed by atoms with E-state index < -0.39 is 12.1 Å². The molecular formula is C29H32N2O6. The van der Waals surface area contributed by atoms with Crippen molar-refractivity contribution in [2.24, 2.45) is 0 Å². The zero-order chi connectivity index (χ0) is 26.9. The SMILES string of the molecule is COC(=O)N(Cc1cc(N(C)C(C)=O)ccc1Oc1cccc(CC(=O)O)c1)C(C)Cc1ccccc1. The molecule has 1 N–H and O–H groups in total. The van der Waals surface area contributed by atoms with E-state index in [1.807, 2.05) is 43.3 Å².